The van der Waals surface area contributed by atoms with Crippen molar-refractivity contribution in [3.63, 3.8) is 0 Å². The first-order valence-electron chi connectivity index (χ1n) is 3.49. The van der Waals surface area contributed by atoms with Crippen LogP contribution in [0.25, 0.3) is 0 Å². The summed E-state index contributed by atoms with van der Waals surface area (Å²) < 4.78 is 5.19. The number of pyridine rings is 1. The molecule has 0 aliphatic rings. The van der Waals surface area contributed by atoms with Crippen LogP contribution in [-0.4, -0.2) is 11.6 Å². The standard InChI is InChI=1S/C8H10ClNO/c1-3-11-7-4-8(9)6(2)10-5-7/h4-5H,3H2,1-2H3. The van der Waals surface area contributed by atoms with E-state index >= 15 is 0 Å². The molecule has 3 heteroatoms. The van der Waals surface area contributed by atoms with Gasteiger partial charge in [-0.2, -0.15) is 0 Å². The van der Waals surface area contributed by atoms with Gasteiger partial charge in [-0.25, -0.2) is 0 Å². The summed E-state index contributed by atoms with van der Waals surface area (Å²) in [5.74, 6) is 0.725. The van der Waals surface area contributed by atoms with Crippen molar-refractivity contribution < 1.29 is 4.74 Å². The van der Waals surface area contributed by atoms with E-state index in [1.165, 1.54) is 0 Å². The minimum atomic E-state index is 0.640. The van der Waals surface area contributed by atoms with E-state index in [4.69, 9.17) is 16.3 Å². The maximum Gasteiger partial charge on any atom is 0.139 e. The van der Waals surface area contributed by atoms with Crippen molar-refractivity contribution >= 4 is 11.6 Å². The van der Waals surface area contributed by atoms with Gasteiger partial charge in [0, 0.05) is 6.07 Å². The molecule has 0 bridgehead atoms. The summed E-state index contributed by atoms with van der Waals surface area (Å²) in [6.45, 7) is 4.42. The Kier molecular flexibility index (Phi) is 2.71. The number of hydrogen-bond donors (Lipinski definition) is 0. The van der Waals surface area contributed by atoms with Crippen LogP contribution in [0.4, 0.5) is 0 Å². The summed E-state index contributed by atoms with van der Waals surface area (Å²) >= 11 is 5.81. The molecule has 1 heterocycles. The van der Waals surface area contributed by atoms with E-state index in [9.17, 15) is 0 Å². The number of aromatic nitrogens is 1. The lowest BCUT2D eigenvalue weighted by molar-refractivity contribution is 0.339. The van der Waals surface area contributed by atoms with E-state index < -0.39 is 0 Å². The van der Waals surface area contributed by atoms with Crippen LogP contribution in [0.15, 0.2) is 12.3 Å². The summed E-state index contributed by atoms with van der Waals surface area (Å²) in [6, 6.07) is 1.77. The predicted molar refractivity (Wildman–Crippen MR) is 45.2 cm³/mol. The van der Waals surface area contributed by atoms with Gasteiger partial charge in [0.15, 0.2) is 0 Å². The molecule has 0 unspecified atom stereocenters. The molecular weight excluding hydrogens is 162 g/mol. The highest BCUT2D eigenvalue weighted by atomic mass is 35.5. The van der Waals surface area contributed by atoms with E-state index in [0.717, 1.165) is 11.4 Å². The van der Waals surface area contributed by atoms with Gasteiger partial charge in [-0.1, -0.05) is 11.6 Å². The molecule has 1 aromatic rings. The normalized spacial score (nSPS) is 9.73. The van der Waals surface area contributed by atoms with Gasteiger partial charge in [0.2, 0.25) is 0 Å². The number of hydrogen-bond acceptors (Lipinski definition) is 2. The maximum absolute atomic E-state index is 5.81. The summed E-state index contributed by atoms with van der Waals surface area (Å²) in [7, 11) is 0. The molecule has 0 N–H and O–H groups in total. The lowest BCUT2D eigenvalue weighted by Crippen LogP contribution is -1.92. The van der Waals surface area contributed by atoms with E-state index in [-0.39, 0.29) is 0 Å². The average Bonchev–Trinajstić information content (AvgIpc) is 1.98. The second kappa shape index (κ2) is 3.58. The first kappa shape index (κ1) is 8.34. The van der Waals surface area contributed by atoms with E-state index in [2.05, 4.69) is 4.98 Å². The second-order valence-electron chi connectivity index (χ2n) is 2.17. The molecule has 0 aliphatic carbocycles. The zero-order valence-electron chi connectivity index (χ0n) is 6.60. The lowest BCUT2D eigenvalue weighted by Gasteiger charge is -2.02. The molecule has 0 aliphatic heterocycles. The van der Waals surface area contributed by atoms with Gasteiger partial charge in [0.05, 0.1) is 23.5 Å². The fraction of sp³-hybridized carbons (Fsp3) is 0.375. The van der Waals surface area contributed by atoms with Crippen molar-refractivity contribution in [3.8, 4) is 5.75 Å². The van der Waals surface area contributed by atoms with Crippen LogP contribution in [0.5, 0.6) is 5.75 Å². The van der Waals surface area contributed by atoms with E-state index in [0.29, 0.717) is 11.6 Å². The highest BCUT2D eigenvalue weighted by Crippen LogP contribution is 2.18. The molecule has 60 valence electrons. The fourth-order valence-electron chi connectivity index (χ4n) is 0.734. The SMILES string of the molecule is CCOc1cnc(C)c(Cl)c1. The predicted octanol–water partition coefficient (Wildman–Crippen LogP) is 2.44. The Balaban J connectivity index is 2.86. The molecule has 1 rings (SSSR count). The second-order valence-corrected chi connectivity index (χ2v) is 2.58. The lowest BCUT2D eigenvalue weighted by atomic mass is 10.4. The molecule has 0 atom stereocenters. The van der Waals surface area contributed by atoms with Crippen molar-refractivity contribution in [1.29, 1.82) is 0 Å². The van der Waals surface area contributed by atoms with Crippen molar-refractivity contribution in [2.45, 2.75) is 13.8 Å². The summed E-state index contributed by atoms with van der Waals surface area (Å²) in [4.78, 5) is 4.04. The van der Waals surface area contributed by atoms with Crippen molar-refractivity contribution in [2.75, 3.05) is 6.61 Å². The third kappa shape index (κ3) is 2.09. The van der Waals surface area contributed by atoms with E-state index in [1.807, 2.05) is 13.8 Å². The van der Waals surface area contributed by atoms with Gasteiger partial charge in [0.1, 0.15) is 5.75 Å². The van der Waals surface area contributed by atoms with Gasteiger partial charge in [0.25, 0.3) is 0 Å². The average molecular weight is 172 g/mol. The van der Waals surface area contributed by atoms with Crippen LogP contribution in [0.3, 0.4) is 0 Å². The van der Waals surface area contributed by atoms with Crippen LogP contribution in [-0.2, 0) is 0 Å². The molecule has 2 nitrogen and oxygen atoms in total. The van der Waals surface area contributed by atoms with Crippen LogP contribution >= 0.6 is 11.6 Å². The molecule has 0 spiro atoms. The summed E-state index contributed by atoms with van der Waals surface area (Å²) in [5.41, 5.74) is 0.829. The van der Waals surface area contributed by atoms with Gasteiger partial charge >= 0.3 is 0 Å². The molecular formula is C8H10ClNO. The zero-order chi connectivity index (χ0) is 8.27. The number of aryl methyl sites for hydroxylation is 1. The molecule has 11 heavy (non-hydrogen) atoms. The highest BCUT2D eigenvalue weighted by Gasteiger charge is 1.97. The van der Waals surface area contributed by atoms with Crippen molar-refractivity contribution in [1.82, 2.24) is 4.98 Å². The number of halogens is 1. The molecule has 0 amide bonds. The van der Waals surface area contributed by atoms with E-state index in [1.54, 1.807) is 12.3 Å². The number of ether oxygens (including phenoxy) is 1. The first-order chi connectivity index (χ1) is 5.24. The Morgan fingerprint density at radius 2 is 2.36 bits per heavy atom. The van der Waals surface area contributed by atoms with Crippen LogP contribution in [0.2, 0.25) is 5.02 Å². The van der Waals surface area contributed by atoms with Crippen molar-refractivity contribution in [2.24, 2.45) is 0 Å². The van der Waals surface area contributed by atoms with Crippen molar-refractivity contribution in [3.05, 3.63) is 23.0 Å². The Bertz CT molecular complexity index is 250. The first-order valence-corrected chi connectivity index (χ1v) is 3.86. The highest BCUT2D eigenvalue weighted by molar-refractivity contribution is 6.31. The van der Waals surface area contributed by atoms with Gasteiger partial charge < -0.3 is 4.74 Å². The smallest absolute Gasteiger partial charge is 0.139 e. The number of rotatable bonds is 2. The fourth-order valence-corrected chi connectivity index (χ4v) is 0.891. The van der Waals surface area contributed by atoms with Crippen LogP contribution < -0.4 is 4.74 Å². The Morgan fingerprint density at radius 1 is 1.64 bits per heavy atom. The number of nitrogens with zero attached hydrogens (tertiary/aromatic N) is 1. The third-order valence-electron chi connectivity index (χ3n) is 1.31. The Hall–Kier alpha value is -0.760. The maximum atomic E-state index is 5.81. The third-order valence-corrected chi connectivity index (χ3v) is 1.69. The molecule has 1 aromatic heterocycles. The molecule has 0 fully saturated rings. The summed E-state index contributed by atoms with van der Waals surface area (Å²) in [5, 5.41) is 0.649. The van der Waals surface area contributed by atoms with Gasteiger partial charge in [-0.05, 0) is 13.8 Å². The van der Waals surface area contributed by atoms with Crippen LogP contribution in [0, 0.1) is 6.92 Å². The Morgan fingerprint density at radius 3 is 2.91 bits per heavy atom. The summed E-state index contributed by atoms with van der Waals surface area (Å²) in [6.07, 6.45) is 1.67. The minimum Gasteiger partial charge on any atom is -0.492 e. The molecule has 0 radical (unpaired) electrons. The largest absolute Gasteiger partial charge is 0.492 e. The minimum absolute atomic E-state index is 0.640. The molecule has 0 saturated heterocycles. The Labute approximate surface area is 71.2 Å². The monoisotopic (exact) mass is 171 g/mol. The van der Waals surface area contributed by atoms with Gasteiger partial charge in [-0.3, -0.25) is 4.98 Å². The van der Waals surface area contributed by atoms with Crippen LogP contribution in [0.1, 0.15) is 12.6 Å². The zero-order valence-corrected chi connectivity index (χ0v) is 7.35. The molecule has 0 aromatic carbocycles. The molecule has 0 saturated carbocycles. The topological polar surface area (TPSA) is 22.1 Å². The van der Waals surface area contributed by atoms with Gasteiger partial charge in [-0.15, -0.1) is 0 Å². The quantitative estimate of drug-likeness (QED) is 0.682.